The molecular formula is C12H15F2NO2. The number of aliphatic hydroxyl groups excluding tert-OH is 1. The van der Waals surface area contributed by atoms with Crippen LogP contribution in [-0.4, -0.2) is 30.9 Å². The zero-order valence-electron chi connectivity index (χ0n) is 9.33. The highest BCUT2D eigenvalue weighted by molar-refractivity contribution is 5.22. The van der Waals surface area contributed by atoms with Crippen molar-refractivity contribution in [2.24, 2.45) is 0 Å². The molecule has 0 aromatic heterocycles. The average Bonchev–Trinajstić information content (AvgIpc) is 2.79. The zero-order valence-corrected chi connectivity index (χ0v) is 9.33. The van der Waals surface area contributed by atoms with Crippen LogP contribution in [-0.2, 0) is 4.74 Å². The predicted octanol–water partition coefficient (Wildman–Crippen LogP) is 1.38. The fourth-order valence-electron chi connectivity index (χ4n) is 1.90. The summed E-state index contributed by atoms with van der Waals surface area (Å²) in [5.74, 6) is -1.44. The van der Waals surface area contributed by atoms with Gasteiger partial charge in [-0.3, -0.25) is 0 Å². The third-order valence-electron chi connectivity index (χ3n) is 2.86. The Morgan fingerprint density at radius 2 is 2.12 bits per heavy atom. The van der Waals surface area contributed by atoms with Crippen molar-refractivity contribution in [3.63, 3.8) is 0 Å². The van der Waals surface area contributed by atoms with Crippen LogP contribution < -0.4 is 5.32 Å². The summed E-state index contributed by atoms with van der Waals surface area (Å²) in [5.41, 5.74) is -0.279. The Morgan fingerprint density at radius 1 is 1.41 bits per heavy atom. The number of aliphatic hydroxyl groups is 1. The molecule has 2 atom stereocenters. The van der Waals surface area contributed by atoms with Crippen LogP contribution in [0, 0.1) is 11.6 Å². The van der Waals surface area contributed by atoms with E-state index < -0.39 is 17.7 Å². The maximum absolute atomic E-state index is 13.3. The van der Waals surface area contributed by atoms with E-state index in [4.69, 9.17) is 4.74 Å². The standard InChI is InChI=1S/C12H15F2NO2/c13-9-2-1-3-10(14)12(9)11(16)6-15-8-4-5-17-7-8/h1-3,8,11,15-16H,4-7H2. The minimum absolute atomic E-state index is 0.117. The molecule has 0 saturated carbocycles. The lowest BCUT2D eigenvalue weighted by atomic mass is 10.1. The van der Waals surface area contributed by atoms with Gasteiger partial charge in [0, 0.05) is 19.2 Å². The van der Waals surface area contributed by atoms with Gasteiger partial charge < -0.3 is 15.2 Å². The van der Waals surface area contributed by atoms with Crippen molar-refractivity contribution in [2.75, 3.05) is 19.8 Å². The van der Waals surface area contributed by atoms with Gasteiger partial charge in [-0.15, -0.1) is 0 Å². The van der Waals surface area contributed by atoms with Crippen molar-refractivity contribution in [1.29, 1.82) is 0 Å². The van der Waals surface area contributed by atoms with E-state index >= 15 is 0 Å². The summed E-state index contributed by atoms with van der Waals surface area (Å²) in [6, 6.07) is 3.71. The first kappa shape index (κ1) is 12.4. The fraction of sp³-hybridized carbons (Fsp3) is 0.500. The predicted molar refractivity (Wildman–Crippen MR) is 58.5 cm³/mol. The lowest BCUT2D eigenvalue weighted by Crippen LogP contribution is -2.33. The van der Waals surface area contributed by atoms with Crippen molar-refractivity contribution >= 4 is 0 Å². The molecule has 2 rings (SSSR count). The van der Waals surface area contributed by atoms with Crippen molar-refractivity contribution in [3.05, 3.63) is 35.4 Å². The summed E-state index contributed by atoms with van der Waals surface area (Å²) in [5, 5.41) is 12.8. The van der Waals surface area contributed by atoms with Gasteiger partial charge in [0.05, 0.1) is 18.3 Å². The van der Waals surface area contributed by atoms with Crippen molar-refractivity contribution < 1.29 is 18.6 Å². The van der Waals surface area contributed by atoms with Gasteiger partial charge in [-0.1, -0.05) is 6.07 Å². The van der Waals surface area contributed by atoms with E-state index in [1.165, 1.54) is 6.07 Å². The molecule has 2 unspecified atom stereocenters. The Balaban J connectivity index is 1.96. The third-order valence-corrected chi connectivity index (χ3v) is 2.86. The zero-order chi connectivity index (χ0) is 12.3. The van der Waals surface area contributed by atoms with E-state index in [1.807, 2.05) is 0 Å². The van der Waals surface area contributed by atoms with E-state index in [0.717, 1.165) is 18.6 Å². The SMILES string of the molecule is OC(CNC1CCOC1)c1c(F)cccc1F. The maximum atomic E-state index is 13.3. The molecule has 1 aliphatic heterocycles. The highest BCUT2D eigenvalue weighted by atomic mass is 19.1. The van der Waals surface area contributed by atoms with Crippen LogP contribution in [0.3, 0.4) is 0 Å². The Bertz CT molecular complexity index is 361. The molecule has 3 nitrogen and oxygen atoms in total. The van der Waals surface area contributed by atoms with Crippen LogP contribution in [0.25, 0.3) is 0 Å². The number of halogens is 2. The van der Waals surface area contributed by atoms with Crippen molar-refractivity contribution in [1.82, 2.24) is 5.32 Å². The minimum Gasteiger partial charge on any atom is -0.387 e. The number of rotatable bonds is 4. The Morgan fingerprint density at radius 3 is 2.71 bits per heavy atom. The molecular weight excluding hydrogens is 228 g/mol. The summed E-state index contributed by atoms with van der Waals surface area (Å²) in [6.45, 7) is 1.38. The van der Waals surface area contributed by atoms with Gasteiger partial charge in [0.2, 0.25) is 0 Å². The molecule has 1 heterocycles. The van der Waals surface area contributed by atoms with E-state index in [2.05, 4.69) is 5.32 Å². The average molecular weight is 243 g/mol. The summed E-state index contributed by atoms with van der Waals surface area (Å²) in [4.78, 5) is 0. The summed E-state index contributed by atoms with van der Waals surface area (Å²) >= 11 is 0. The second-order valence-electron chi connectivity index (χ2n) is 4.12. The number of benzene rings is 1. The van der Waals surface area contributed by atoms with Crippen LogP contribution >= 0.6 is 0 Å². The highest BCUT2D eigenvalue weighted by Crippen LogP contribution is 2.20. The van der Waals surface area contributed by atoms with Gasteiger partial charge in [-0.2, -0.15) is 0 Å². The molecule has 0 amide bonds. The van der Waals surface area contributed by atoms with Crippen LogP contribution in [0.5, 0.6) is 0 Å². The molecule has 17 heavy (non-hydrogen) atoms. The van der Waals surface area contributed by atoms with Gasteiger partial charge in [0.15, 0.2) is 0 Å². The summed E-state index contributed by atoms with van der Waals surface area (Å²) in [6.07, 6.45) is -0.330. The van der Waals surface area contributed by atoms with Gasteiger partial charge >= 0.3 is 0 Å². The van der Waals surface area contributed by atoms with E-state index in [1.54, 1.807) is 0 Å². The largest absolute Gasteiger partial charge is 0.387 e. The molecule has 0 radical (unpaired) electrons. The molecule has 1 aromatic rings. The maximum Gasteiger partial charge on any atom is 0.131 e. The molecule has 0 spiro atoms. The monoisotopic (exact) mass is 243 g/mol. The van der Waals surface area contributed by atoms with Crippen LogP contribution in [0.4, 0.5) is 8.78 Å². The molecule has 0 bridgehead atoms. The number of hydrogen-bond acceptors (Lipinski definition) is 3. The first-order valence-electron chi connectivity index (χ1n) is 5.61. The fourth-order valence-corrected chi connectivity index (χ4v) is 1.90. The molecule has 0 aliphatic carbocycles. The molecule has 1 saturated heterocycles. The topological polar surface area (TPSA) is 41.5 Å². The second kappa shape index (κ2) is 5.53. The van der Waals surface area contributed by atoms with Crippen molar-refractivity contribution in [3.8, 4) is 0 Å². The van der Waals surface area contributed by atoms with E-state index in [0.29, 0.717) is 13.2 Å². The van der Waals surface area contributed by atoms with Gasteiger partial charge in [0.25, 0.3) is 0 Å². The van der Waals surface area contributed by atoms with Crippen molar-refractivity contribution in [2.45, 2.75) is 18.6 Å². The second-order valence-corrected chi connectivity index (χ2v) is 4.12. The highest BCUT2D eigenvalue weighted by Gasteiger charge is 2.20. The first-order chi connectivity index (χ1) is 8.18. The first-order valence-corrected chi connectivity index (χ1v) is 5.61. The molecule has 1 aliphatic rings. The minimum atomic E-state index is -1.18. The lowest BCUT2D eigenvalue weighted by Gasteiger charge is -2.16. The Hall–Kier alpha value is -1.04. The van der Waals surface area contributed by atoms with Gasteiger partial charge in [-0.05, 0) is 18.6 Å². The summed E-state index contributed by atoms with van der Waals surface area (Å²) in [7, 11) is 0. The number of nitrogens with one attached hydrogen (secondary N) is 1. The van der Waals surface area contributed by atoms with Crippen LogP contribution in [0.2, 0.25) is 0 Å². The quantitative estimate of drug-likeness (QED) is 0.839. The molecule has 1 fully saturated rings. The normalized spacial score (nSPS) is 21.7. The Kier molecular flexibility index (Phi) is 4.04. The molecule has 1 aromatic carbocycles. The summed E-state index contributed by atoms with van der Waals surface area (Å²) < 4.78 is 31.8. The molecule has 5 heteroatoms. The molecule has 2 N–H and O–H groups in total. The lowest BCUT2D eigenvalue weighted by molar-refractivity contribution is 0.154. The van der Waals surface area contributed by atoms with E-state index in [9.17, 15) is 13.9 Å². The third kappa shape index (κ3) is 3.00. The Labute approximate surface area is 98.4 Å². The van der Waals surface area contributed by atoms with Gasteiger partial charge in [-0.25, -0.2) is 8.78 Å². The smallest absolute Gasteiger partial charge is 0.131 e. The van der Waals surface area contributed by atoms with Crippen LogP contribution in [0.1, 0.15) is 18.1 Å². The number of ether oxygens (including phenoxy) is 1. The van der Waals surface area contributed by atoms with Gasteiger partial charge in [0.1, 0.15) is 11.6 Å². The van der Waals surface area contributed by atoms with Crippen LogP contribution in [0.15, 0.2) is 18.2 Å². The number of hydrogen-bond donors (Lipinski definition) is 2. The molecule has 94 valence electrons. The van der Waals surface area contributed by atoms with E-state index in [-0.39, 0.29) is 18.2 Å².